The number of aromatic amines is 1. The molecule has 0 unspecified atom stereocenters. The molecule has 1 aliphatic heterocycles. The second-order valence-corrected chi connectivity index (χ2v) is 6.60. The largest absolute Gasteiger partial charge is 0.326 e. The Kier molecular flexibility index (Phi) is 4.53. The van der Waals surface area contributed by atoms with Crippen molar-refractivity contribution >= 4 is 17.1 Å². The Bertz CT molecular complexity index is 985. The maximum absolute atomic E-state index is 12.6. The summed E-state index contributed by atoms with van der Waals surface area (Å²) in [7, 11) is 0. The molecule has 0 radical (unpaired) electrons. The number of aromatic nitrogens is 3. The Balaban J connectivity index is 1.55. The van der Waals surface area contributed by atoms with E-state index >= 15 is 0 Å². The predicted octanol–water partition coefficient (Wildman–Crippen LogP) is 2.26. The van der Waals surface area contributed by atoms with Crippen LogP contribution >= 0.6 is 0 Å². The minimum Gasteiger partial charge on any atom is -0.326 e. The quantitative estimate of drug-likeness (QED) is 0.755. The number of anilines is 1. The Morgan fingerprint density at radius 3 is 2.81 bits per heavy atom. The first-order chi connectivity index (χ1) is 12.7. The van der Waals surface area contributed by atoms with Gasteiger partial charge >= 0.3 is 0 Å². The van der Waals surface area contributed by atoms with Crippen molar-refractivity contribution in [3.8, 4) is 0 Å². The molecular formula is C19H21N5O2. The molecule has 1 saturated heterocycles. The number of nitrogens with zero attached hydrogens (tertiary/aromatic N) is 3. The predicted molar refractivity (Wildman–Crippen MR) is 99.3 cm³/mol. The Labute approximate surface area is 150 Å². The molecule has 7 heteroatoms. The molecule has 7 nitrogen and oxygen atoms in total. The lowest BCUT2D eigenvalue weighted by molar-refractivity contribution is 0.102. The first kappa shape index (κ1) is 16.5. The first-order valence-corrected chi connectivity index (χ1v) is 8.89. The van der Waals surface area contributed by atoms with Gasteiger partial charge in [-0.1, -0.05) is 24.6 Å². The van der Waals surface area contributed by atoms with Crippen LogP contribution in [0, 0.1) is 0 Å². The van der Waals surface area contributed by atoms with Gasteiger partial charge in [0.2, 0.25) is 0 Å². The molecule has 1 aromatic carbocycles. The van der Waals surface area contributed by atoms with E-state index in [2.05, 4.69) is 20.3 Å². The number of piperidine rings is 1. The number of likely N-dealkylation sites (tertiary alicyclic amines) is 1. The fraction of sp³-hybridized carbons (Fsp3) is 0.316. The molecule has 2 N–H and O–H groups in total. The van der Waals surface area contributed by atoms with Gasteiger partial charge in [-0.3, -0.25) is 14.5 Å². The Morgan fingerprint density at radius 2 is 2.00 bits per heavy atom. The van der Waals surface area contributed by atoms with Crippen molar-refractivity contribution in [3.05, 3.63) is 64.3 Å². The van der Waals surface area contributed by atoms with Gasteiger partial charge in [-0.15, -0.1) is 0 Å². The van der Waals surface area contributed by atoms with Gasteiger partial charge in [0.1, 0.15) is 5.52 Å². The zero-order valence-corrected chi connectivity index (χ0v) is 14.4. The maximum atomic E-state index is 12.6. The van der Waals surface area contributed by atoms with Crippen LogP contribution in [0.5, 0.6) is 0 Å². The maximum Gasteiger partial charge on any atom is 0.276 e. The van der Waals surface area contributed by atoms with Crippen LogP contribution in [-0.4, -0.2) is 38.5 Å². The summed E-state index contributed by atoms with van der Waals surface area (Å²) in [6.45, 7) is 3.01. The summed E-state index contributed by atoms with van der Waals surface area (Å²) in [5, 5.41) is 7.13. The van der Waals surface area contributed by atoms with E-state index in [0.717, 1.165) is 30.9 Å². The lowest BCUT2D eigenvalue weighted by Crippen LogP contribution is -2.29. The van der Waals surface area contributed by atoms with Crippen LogP contribution in [0.3, 0.4) is 0 Å². The molecule has 2 aromatic heterocycles. The van der Waals surface area contributed by atoms with Crippen molar-refractivity contribution in [2.24, 2.45) is 0 Å². The fourth-order valence-electron chi connectivity index (χ4n) is 3.37. The number of H-pyrrole nitrogens is 1. The molecule has 1 aliphatic rings. The summed E-state index contributed by atoms with van der Waals surface area (Å²) in [5.41, 5.74) is 2.16. The van der Waals surface area contributed by atoms with Crippen molar-refractivity contribution in [1.82, 2.24) is 19.5 Å². The van der Waals surface area contributed by atoms with Crippen LogP contribution in [-0.2, 0) is 6.54 Å². The number of para-hydroxylation sites is 1. The van der Waals surface area contributed by atoms with Crippen molar-refractivity contribution in [2.45, 2.75) is 25.8 Å². The van der Waals surface area contributed by atoms with Gasteiger partial charge in [-0.25, -0.2) is 4.52 Å². The summed E-state index contributed by atoms with van der Waals surface area (Å²) in [5.74, 6) is -0.320. The third-order valence-electron chi connectivity index (χ3n) is 4.74. The molecule has 0 aliphatic carbocycles. The number of carbonyl (C=O) groups is 1. The van der Waals surface area contributed by atoms with E-state index in [0.29, 0.717) is 5.52 Å². The molecule has 3 aromatic rings. The van der Waals surface area contributed by atoms with Crippen molar-refractivity contribution in [3.63, 3.8) is 0 Å². The number of benzene rings is 1. The van der Waals surface area contributed by atoms with Gasteiger partial charge in [-0.05, 0) is 37.6 Å². The zero-order chi connectivity index (χ0) is 17.9. The number of hydrogen-bond acceptors (Lipinski definition) is 4. The van der Waals surface area contributed by atoms with Gasteiger partial charge < -0.3 is 10.3 Å². The van der Waals surface area contributed by atoms with Crippen LogP contribution in [0.1, 0.15) is 35.3 Å². The lowest BCUT2D eigenvalue weighted by Gasteiger charge is -2.27. The molecule has 0 spiro atoms. The summed E-state index contributed by atoms with van der Waals surface area (Å²) in [4.78, 5) is 29.4. The molecule has 0 saturated carbocycles. The highest BCUT2D eigenvalue weighted by Crippen LogP contribution is 2.20. The monoisotopic (exact) mass is 351 g/mol. The SMILES string of the molecule is O=C(Nc1ccccc1CN1CCCCC1)c1cc2c(=O)[nH]ccn2n1. The topological polar surface area (TPSA) is 82.5 Å². The van der Waals surface area contributed by atoms with Crippen LogP contribution in [0.15, 0.2) is 47.5 Å². The molecule has 0 bridgehead atoms. The smallest absolute Gasteiger partial charge is 0.276 e. The van der Waals surface area contributed by atoms with Gasteiger partial charge in [0.15, 0.2) is 5.69 Å². The molecule has 0 atom stereocenters. The van der Waals surface area contributed by atoms with E-state index in [9.17, 15) is 9.59 Å². The summed E-state index contributed by atoms with van der Waals surface area (Å²) < 4.78 is 1.41. The summed E-state index contributed by atoms with van der Waals surface area (Å²) in [6, 6.07) is 9.34. The third-order valence-corrected chi connectivity index (χ3v) is 4.74. The average Bonchev–Trinajstić information content (AvgIpc) is 3.10. The highest BCUT2D eigenvalue weighted by molar-refractivity contribution is 6.04. The summed E-state index contributed by atoms with van der Waals surface area (Å²) >= 11 is 0. The highest BCUT2D eigenvalue weighted by Gasteiger charge is 2.16. The van der Waals surface area contributed by atoms with E-state index < -0.39 is 0 Å². The van der Waals surface area contributed by atoms with Gasteiger partial charge in [0, 0.05) is 30.7 Å². The second-order valence-electron chi connectivity index (χ2n) is 6.60. The van der Waals surface area contributed by atoms with Crippen LogP contribution in [0.2, 0.25) is 0 Å². The number of rotatable bonds is 4. The Hall–Kier alpha value is -2.93. The second kappa shape index (κ2) is 7.13. The van der Waals surface area contributed by atoms with Crippen LogP contribution in [0.4, 0.5) is 5.69 Å². The van der Waals surface area contributed by atoms with Crippen molar-refractivity contribution in [1.29, 1.82) is 0 Å². The molecule has 134 valence electrons. The van der Waals surface area contributed by atoms with Crippen LogP contribution < -0.4 is 10.9 Å². The van der Waals surface area contributed by atoms with Gasteiger partial charge in [-0.2, -0.15) is 5.10 Å². The van der Waals surface area contributed by atoms with E-state index in [1.165, 1.54) is 36.0 Å². The third kappa shape index (κ3) is 3.39. The number of amides is 1. The van der Waals surface area contributed by atoms with E-state index in [1.54, 1.807) is 6.20 Å². The van der Waals surface area contributed by atoms with Crippen molar-refractivity contribution < 1.29 is 4.79 Å². The number of carbonyl (C=O) groups excluding carboxylic acids is 1. The number of hydrogen-bond donors (Lipinski definition) is 2. The van der Waals surface area contributed by atoms with E-state index in [-0.39, 0.29) is 17.2 Å². The standard InChI is InChI=1S/C19H21N5O2/c25-18(16-12-17-19(26)20-8-11-24(17)22-16)21-15-7-3-2-6-14(15)13-23-9-4-1-5-10-23/h2-3,6-8,11-12H,1,4-5,9-10,13H2,(H,20,26)(H,21,25). The van der Waals surface area contributed by atoms with Gasteiger partial charge in [0.05, 0.1) is 0 Å². The normalized spacial score (nSPS) is 15.2. The van der Waals surface area contributed by atoms with Crippen molar-refractivity contribution in [2.75, 3.05) is 18.4 Å². The molecule has 26 heavy (non-hydrogen) atoms. The molecule has 3 heterocycles. The zero-order valence-electron chi connectivity index (χ0n) is 14.4. The Morgan fingerprint density at radius 1 is 1.19 bits per heavy atom. The fourth-order valence-corrected chi connectivity index (χ4v) is 3.37. The number of fused-ring (bicyclic) bond motifs is 1. The molecule has 1 amide bonds. The van der Waals surface area contributed by atoms with E-state index in [4.69, 9.17) is 0 Å². The first-order valence-electron chi connectivity index (χ1n) is 8.89. The average molecular weight is 351 g/mol. The minimum atomic E-state index is -0.320. The van der Waals surface area contributed by atoms with E-state index in [1.807, 2.05) is 24.3 Å². The molecular weight excluding hydrogens is 330 g/mol. The van der Waals surface area contributed by atoms with Gasteiger partial charge in [0.25, 0.3) is 11.5 Å². The minimum absolute atomic E-state index is 0.217. The van der Waals surface area contributed by atoms with Crippen LogP contribution in [0.25, 0.3) is 5.52 Å². The highest BCUT2D eigenvalue weighted by atomic mass is 16.2. The molecule has 4 rings (SSSR count). The lowest BCUT2D eigenvalue weighted by atomic mass is 10.1. The number of nitrogens with one attached hydrogen (secondary N) is 2. The molecule has 1 fully saturated rings. The summed E-state index contributed by atoms with van der Waals surface area (Å²) in [6.07, 6.45) is 6.85.